The maximum atomic E-state index is 14.2. The average Bonchev–Trinajstić information content (AvgIpc) is 2.83. The molecule has 0 radical (unpaired) electrons. The molecule has 0 aromatic carbocycles. The summed E-state index contributed by atoms with van der Waals surface area (Å²) in [4.78, 5) is 11.8. The summed E-state index contributed by atoms with van der Waals surface area (Å²) in [5.41, 5.74) is 0.0563. The van der Waals surface area contributed by atoms with Crippen LogP contribution >= 0.6 is 0 Å². The van der Waals surface area contributed by atoms with Crippen molar-refractivity contribution in [3.8, 4) is 0 Å². The van der Waals surface area contributed by atoms with Crippen molar-refractivity contribution in [1.82, 2.24) is 24.7 Å². The molecule has 0 saturated carbocycles. The molecular weight excluding hydrogens is 247 g/mol. The Bertz CT molecular complexity index is 532. The molecule has 0 atom stereocenters. The Labute approximate surface area is 111 Å². The highest BCUT2D eigenvalue weighted by atomic mass is 19.1. The van der Waals surface area contributed by atoms with Crippen LogP contribution in [0.5, 0.6) is 0 Å². The van der Waals surface area contributed by atoms with Crippen molar-refractivity contribution in [2.24, 2.45) is 0 Å². The second-order valence-electron chi connectivity index (χ2n) is 5.22. The molecule has 2 aromatic heterocycles. The maximum absolute atomic E-state index is 14.2. The summed E-state index contributed by atoms with van der Waals surface area (Å²) < 4.78 is 15.9. The predicted molar refractivity (Wildman–Crippen MR) is 69.2 cm³/mol. The third-order valence-corrected chi connectivity index (χ3v) is 2.60. The number of nitrogens with zero attached hydrogens (tertiary/aromatic N) is 5. The molecule has 0 aliphatic carbocycles. The van der Waals surface area contributed by atoms with Crippen molar-refractivity contribution >= 4 is 5.82 Å². The van der Waals surface area contributed by atoms with Crippen LogP contribution in [0.4, 0.5) is 10.2 Å². The summed E-state index contributed by atoms with van der Waals surface area (Å²) in [5.74, 6) is -0.173. The molecule has 19 heavy (non-hydrogen) atoms. The minimum Gasteiger partial charge on any atom is -0.366 e. The summed E-state index contributed by atoms with van der Waals surface area (Å²) in [6, 6.07) is 0. The molecule has 2 rings (SSSR count). The molecule has 7 heteroatoms. The first kappa shape index (κ1) is 13.4. The molecule has 6 nitrogen and oxygen atoms in total. The van der Waals surface area contributed by atoms with Gasteiger partial charge in [-0.15, -0.1) is 0 Å². The first-order chi connectivity index (χ1) is 8.98. The number of halogens is 1. The first-order valence-corrected chi connectivity index (χ1v) is 6.06. The lowest BCUT2D eigenvalue weighted by molar-refractivity contribution is 0.499. The van der Waals surface area contributed by atoms with Crippen LogP contribution in [0.3, 0.4) is 0 Å². The van der Waals surface area contributed by atoms with Gasteiger partial charge in [-0.25, -0.2) is 19.3 Å². The highest BCUT2D eigenvalue weighted by Gasteiger charge is 2.22. The van der Waals surface area contributed by atoms with E-state index in [2.05, 4.69) is 25.4 Å². The lowest BCUT2D eigenvalue weighted by Gasteiger charge is -2.19. The highest BCUT2D eigenvalue weighted by Crippen LogP contribution is 2.25. The Balaban J connectivity index is 2.04. The molecule has 102 valence electrons. The quantitative estimate of drug-likeness (QED) is 0.908. The fourth-order valence-electron chi connectivity index (χ4n) is 1.65. The highest BCUT2D eigenvalue weighted by molar-refractivity contribution is 5.38. The summed E-state index contributed by atoms with van der Waals surface area (Å²) >= 11 is 0. The predicted octanol–water partition coefficient (Wildman–Crippen LogP) is 1.62. The topological polar surface area (TPSA) is 68.5 Å². The van der Waals surface area contributed by atoms with Crippen molar-refractivity contribution in [1.29, 1.82) is 0 Å². The van der Waals surface area contributed by atoms with Gasteiger partial charge in [0.1, 0.15) is 19.0 Å². The molecule has 0 aliphatic heterocycles. The van der Waals surface area contributed by atoms with Gasteiger partial charge in [-0.3, -0.25) is 4.68 Å². The van der Waals surface area contributed by atoms with Gasteiger partial charge >= 0.3 is 0 Å². The monoisotopic (exact) mass is 264 g/mol. The fraction of sp³-hybridized carbons (Fsp3) is 0.500. The molecule has 2 heterocycles. The van der Waals surface area contributed by atoms with Gasteiger partial charge in [0.25, 0.3) is 0 Å². The van der Waals surface area contributed by atoms with Crippen LogP contribution in [0, 0.1) is 5.82 Å². The van der Waals surface area contributed by atoms with Crippen molar-refractivity contribution < 1.29 is 4.39 Å². The third kappa shape index (κ3) is 3.24. The van der Waals surface area contributed by atoms with E-state index in [0.717, 1.165) is 0 Å². The van der Waals surface area contributed by atoms with E-state index in [4.69, 9.17) is 0 Å². The van der Waals surface area contributed by atoms with Gasteiger partial charge in [0, 0.05) is 12.0 Å². The van der Waals surface area contributed by atoms with Crippen LogP contribution in [-0.2, 0) is 12.0 Å². The lowest BCUT2D eigenvalue weighted by atomic mass is 9.91. The summed E-state index contributed by atoms with van der Waals surface area (Å²) in [7, 11) is 0. The van der Waals surface area contributed by atoms with Crippen molar-refractivity contribution in [3.63, 3.8) is 0 Å². The smallest absolute Gasteiger partial charge is 0.187 e. The number of rotatable bonds is 4. The molecule has 0 aliphatic rings. The molecule has 0 amide bonds. The number of nitrogens with one attached hydrogen (secondary N) is 1. The zero-order valence-electron chi connectivity index (χ0n) is 11.3. The van der Waals surface area contributed by atoms with E-state index in [1.165, 1.54) is 12.7 Å². The van der Waals surface area contributed by atoms with Gasteiger partial charge in [-0.2, -0.15) is 5.10 Å². The summed E-state index contributed by atoms with van der Waals surface area (Å²) in [5, 5.41) is 6.91. The van der Waals surface area contributed by atoms with Gasteiger partial charge in [0.2, 0.25) is 0 Å². The molecule has 1 N–H and O–H groups in total. The van der Waals surface area contributed by atoms with Crippen molar-refractivity contribution in [2.45, 2.75) is 32.7 Å². The van der Waals surface area contributed by atoms with Crippen LogP contribution in [0.1, 0.15) is 26.5 Å². The van der Waals surface area contributed by atoms with E-state index in [9.17, 15) is 4.39 Å². The van der Waals surface area contributed by atoms with Crippen LogP contribution in [-0.4, -0.2) is 31.3 Å². The lowest BCUT2D eigenvalue weighted by Crippen LogP contribution is -2.19. The third-order valence-electron chi connectivity index (χ3n) is 2.60. The van der Waals surface area contributed by atoms with Crippen molar-refractivity contribution in [2.75, 3.05) is 11.9 Å². The second kappa shape index (κ2) is 5.29. The van der Waals surface area contributed by atoms with Crippen LogP contribution in [0.15, 0.2) is 19.0 Å². The zero-order valence-corrected chi connectivity index (χ0v) is 11.3. The maximum Gasteiger partial charge on any atom is 0.187 e. The molecule has 0 saturated heterocycles. The van der Waals surface area contributed by atoms with E-state index < -0.39 is 5.82 Å². The SMILES string of the molecule is CC(C)(C)c1ncnc(NCCn2cncn2)c1F. The number of hydrogen-bond donors (Lipinski definition) is 1. The Morgan fingerprint density at radius 1 is 1.26 bits per heavy atom. The van der Waals surface area contributed by atoms with Gasteiger partial charge in [-0.1, -0.05) is 20.8 Å². The van der Waals surface area contributed by atoms with Gasteiger partial charge in [0.05, 0.1) is 12.2 Å². The Kier molecular flexibility index (Phi) is 3.73. The standard InChI is InChI=1S/C12H17FN6/c1-12(2,3)10-9(13)11(17-7-16-10)15-4-5-19-8-14-6-18-19/h6-8H,4-5H2,1-3H3,(H,15,16,17). The van der Waals surface area contributed by atoms with Crippen LogP contribution < -0.4 is 5.32 Å². The Morgan fingerprint density at radius 3 is 2.68 bits per heavy atom. The van der Waals surface area contributed by atoms with E-state index >= 15 is 0 Å². The van der Waals surface area contributed by atoms with Crippen molar-refractivity contribution in [3.05, 3.63) is 30.5 Å². The number of aromatic nitrogens is 5. The molecular formula is C12H17FN6. The van der Waals surface area contributed by atoms with E-state index in [-0.39, 0.29) is 11.2 Å². The van der Waals surface area contributed by atoms with E-state index in [0.29, 0.717) is 18.8 Å². The first-order valence-electron chi connectivity index (χ1n) is 6.06. The Hall–Kier alpha value is -2.05. The van der Waals surface area contributed by atoms with Gasteiger partial charge < -0.3 is 5.32 Å². The van der Waals surface area contributed by atoms with E-state index in [1.807, 2.05) is 20.8 Å². The summed E-state index contributed by atoms with van der Waals surface area (Å²) in [6.07, 6.45) is 4.45. The van der Waals surface area contributed by atoms with Gasteiger partial charge in [0.15, 0.2) is 11.6 Å². The minimum absolute atomic E-state index is 0.222. The molecule has 0 fully saturated rings. The Morgan fingerprint density at radius 2 is 2.05 bits per heavy atom. The number of anilines is 1. The average molecular weight is 264 g/mol. The summed E-state index contributed by atoms with van der Waals surface area (Å²) in [6.45, 7) is 6.85. The molecule has 0 bridgehead atoms. The number of hydrogen-bond acceptors (Lipinski definition) is 5. The fourth-order valence-corrected chi connectivity index (χ4v) is 1.65. The normalized spacial score (nSPS) is 11.6. The van der Waals surface area contributed by atoms with Crippen LogP contribution in [0.25, 0.3) is 0 Å². The molecule has 0 spiro atoms. The van der Waals surface area contributed by atoms with E-state index in [1.54, 1.807) is 11.0 Å². The minimum atomic E-state index is -0.395. The largest absolute Gasteiger partial charge is 0.366 e. The zero-order chi connectivity index (χ0) is 13.9. The van der Waals surface area contributed by atoms with Crippen LogP contribution in [0.2, 0.25) is 0 Å². The second-order valence-corrected chi connectivity index (χ2v) is 5.22. The van der Waals surface area contributed by atoms with Gasteiger partial charge in [-0.05, 0) is 0 Å². The molecule has 2 aromatic rings. The molecule has 0 unspecified atom stereocenters.